The van der Waals surface area contributed by atoms with Crippen LogP contribution in [0.3, 0.4) is 0 Å². The molecule has 0 atom stereocenters. The van der Waals surface area contributed by atoms with E-state index in [9.17, 15) is 0 Å². The van der Waals surface area contributed by atoms with Crippen LogP contribution >= 0.6 is 139 Å². The van der Waals surface area contributed by atoms with Gasteiger partial charge in [0.25, 0.3) is 0 Å². The molecule has 0 spiro atoms. The Morgan fingerprint density at radius 1 is 0.551 bits per heavy atom. The van der Waals surface area contributed by atoms with Gasteiger partial charge in [0.15, 0.2) is 57.9 Å². The number of rotatable bonds is 5. The van der Waals surface area contributed by atoms with Crippen molar-refractivity contribution in [3.8, 4) is 34.4 Å². The van der Waals surface area contributed by atoms with E-state index >= 15 is 0 Å². The summed E-state index contributed by atoms with van der Waals surface area (Å²) in [4.78, 5) is 24.2. The molecule has 10 nitrogen and oxygen atoms in total. The lowest BCUT2D eigenvalue weighted by Gasteiger charge is -2.15. The molecule has 262 valence electrons. The van der Waals surface area contributed by atoms with Gasteiger partial charge in [0.05, 0.1) is 14.2 Å². The maximum atomic E-state index is 5.84. The largest absolute Gasteiger partial charge is 0.493 e. The zero-order valence-electron chi connectivity index (χ0n) is 24.2. The lowest BCUT2D eigenvalue weighted by atomic mass is 10.2. The second-order valence-corrected chi connectivity index (χ2v) is 18.3. The maximum absolute atomic E-state index is 5.84. The van der Waals surface area contributed by atoms with Crippen LogP contribution in [0.15, 0.2) is 36.4 Å². The van der Waals surface area contributed by atoms with Crippen LogP contribution in [0.2, 0.25) is 0 Å². The molecule has 4 aromatic rings. The Bertz CT molecular complexity index is 1780. The van der Waals surface area contributed by atoms with Gasteiger partial charge in [-0.3, -0.25) is 0 Å². The quantitative estimate of drug-likeness (QED) is 0.179. The number of methoxy groups -OCH3 is 2. The Kier molecular flexibility index (Phi) is 13.5. The van der Waals surface area contributed by atoms with Crippen LogP contribution in [0.5, 0.6) is 23.0 Å². The van der Waals surface area contributed by atoms with E-state index in [1.54, 1.807) is 49.6 Å². The number of aromatic nitrogens is 6. The molecular formula is C27H16Cl12N6O4. The predicted molar refractivity (Wildman–Crippen MR) is 197 cm³/mol. The third-order valence-corrected chi connectivity index (χ3v) is 7.79. The zero-order chi connectivity index (χ0) is 36.4. The predicted octanol–water partition coefficient (Wildman–Crippen LogP) is 10.6. The molecule has 0 amide bonds. The van der Waals surface area contributed by atoms with Crippen LogP contribution in [-0.2, 0) is 15.2 Å². The highest BCUT2D eigenvalue weighted by Gasteiger charge is 2.35. The third kappa shape index (κ3) is 11.2. The van der Waals surface area contributed by atoms with Gasteiger partial charge in [0.2, 0.25) is 22.0 Å². The van der Waals surface area contributed by atoms with Crippen LogP contribution in [-0.4, -0.2) is 50.9 Å². The topological polar surface area (TPSA) is 114 Å². The molecule has 49 heavy (non-hydrogen) atoms. The number of halogens is 12. The Morgan fingerprint density at radius 2 is 1.04 bits per heavy atom. The molecule has 1 aliphatic rings. The van der Waals surface area contributed by atoms with E-state index in [0.717, 1.165) is 5.56 Å². The van der Waals surface area contributed by atoms with Crippen LogP contribution in [0.4, 0.5) is 0 Å². The van der Waals surface area contributed by atoms with E-state index in [1.807, 2.05) is 6.07 Å². The minimum absolute atomic E-state index is 0.134. The van der Waals surface area contributed by atoms with Gasteiger partial charge in [0, 0.05) is 5.56 Å². The molecule has 0 saturated carbocycles. The Hall–Kier alpha value is -1.12. The molecule has 0 bridgehead atoms. The van der Waals surface area contributed by atoms with Gasteiger partial charge in [0.1, 0.15) is 0 Å². The van der Waals surface area contributed by atoms with Gasteiger partial charge in [-0.05, 0) is 42.0 Å². The first-order chi connectivity index (χ1) is 22.7. The summed E-state index contributed by atoms with van der Waals surface area (Å²) in [7, 11) is 3.09. The Labute approximate surface area is 339 Å². The molecule has 0 aliphatic carbocycles. The number of nitrogens with zero attached hydrogens (tertiary/aromatic N) is 6. The lowest BCUT2D eigenvalue weighted by Crippen LogP contribution is -2.16. The molecule has 0 radical (unpaired) electrons. The van der Waals surface area contributed by atoms with E-state index < -0.39 is 15.2 Å². The van der Waals surface area contributed by atoms with Crippen LogP contribution < -0.4 is 18.9 Å². The standard InChI is InChI=1S/C15H11Cl6N3O2.C12H5Cl6N3O2/c1-25-9-5-3-8(7-10(9)26-2)4-6-11-22-12(14(16,17)18)24-13(23-11)15(19,20)21;13-11(14,15)9-19-8(20-10(21-9)12(16,17)18)5-1-2-6-7(3-5)23-4-22-6/h3-7H,1-2H3;1-3H,4H2/b6-4+;. The van der Waals surface area contributed by atoms with Crippen molar-refractivity contribution in [2.45, 2.75) is 15.2 Å². The monoisotopic (exact) mass is 908 g/mol. The Balaban J connectivity index is 0.000000222. The number of alkyl halides is 12. The van der Waals surface area contributed by atoms with Crippen molar-refractivity contribution in [3.05, 3.63) is 71.1 Å². The molecule has 0 N–H and O–H groups in total. The Morgan fingerprint density at radius 3 is 1.53 bits per heavy atom. The molecule has 22 heteroatoms. The number of fused-ring (bicyclic) bond motifs is 1. The van der Waals surface area contributed by atoms with Gasteiger partial charge in [-0.2, -0.15) is 0 Å². The van der Waals surface area contributed by atoms with Crippen molar-refractivity contribution in [2.75, 3.05) is 21.0 Å². The fourth-order valence-electron chi connectivity index (χ4n) is 3.64. The highest BCUT2D eigenvalue weighted by atomic mass is 35.6. The summed E-state index contributed by atoms with van der Waals surface area (Å²) in [5, 5.41) is 0. The molecule has 5 rings (SSSR count). The highest BCUT2D eigenvalue weighted by molar-refractivity contribution is 6.68. The highest BCUT2D eigenvalue weighted by Crippen LogP contribution is 2.43. The lowest BCUT2D eigenvalue weighted by molar-refractivity contribution is 0.174. The van der Waals surface area contributed by atoms with Crippen molar-refractivity contribution in [1.82, 2.24) is 29.9 Å². The molecule has 3 heterocycles. The molecular weight excluding hydrogens is 898 g/mol. The SMILES string of the molecule is COc1ccc(/C=C/c2nc(C(Cl)(Cl)Cl)nc(C(Cl)(Cl)Cl)n2)cc1OC.ClC(Cl)(Cl)c1nc(-c2ccc3c(c2)OCO3)nc(C(Cl)(Cl)Cl)n1. The van der Waals surface area contributed by atoms with E-state index in [2.05, 4.69) is 29.9 Å². The third-order valence-electron chi connectivity index (χ3n) is 5.77. The van der Waals surface area contributed by atoms with Crippen molar-refractivity contribution in [3.63, 3.8) is 0 Å². The van der Waals surface area contributed by atoms with E-state index in [-0.39, 0.29) is 41.7 Å². The zero-order valence-corrected chi connectivity index (χ0v) is 33.2. The van der Waals surface area contributed by atoms with Gasteiger partial charge >= 0.3 is 0 Å². The van der Waals surface area contributed by atoms with Crippen LogP contribution in [0.1, 0.15) is 34.7 Å². The average Bonchev–Trinajstić information content (AvgIpc) is 3.50. The van der Waals surface area contributed by atoms with Gasteiger partial charge in [-0.1, -0.05) is 151 Å². The number of ether oxygens (including phenoxy) is 4. The fraction of sp³-hybridized carbons (Fsp3) is 0.259. The van der Waals surface area contributed by atoms with E-state index in [4.69, 9.17) is 158 Å². The summed E-state index contributed by atoms with van der Waals surface area (Å²) in [6.45, 7) is 0.134. The summed E-state index contributed by atoms with van der Waals surface area (Å²) >= 11 is 70.1. The minimum Gasteiger partial charge on any atom is -0.493 e. The van der Waals surface area contributed by atoms with E-state index in [0.29, 0.717) is 28.6 Å². The second kappa shape index (κ2) is 16.3. The first-order valence-electron chi connectivity index (χ1n) is 12.8. The number of hydrogen-bond acceptors (Lipinski definition) is 10. The molecule has 2 aromatic carbocycles. The van der Waals surface area contributed by atoms with Crippen molar-refractivity contribution < 1.29 is 18.9 Å². The van der Waals surface area contributed by atoms with Gasteiger partial charge < -0.3 is 18.9 Å². The summed E-state index contributed by atoms with van der Waals surface area (Å²) in [5.41, 5.74) is 1.34. The van der Waals surface area contributed by atoms with Crippen LogP contribution in [0, 0.1) is 0 Å². The molecule has 2 aromatic heterocycles. The summed E-state index contributed by atoms with van der Waals surface area (Å²) in [6, 6.07) is 10.4. The molecule has 0 saturated heterocycles. The molecule has 0 unspecified atom stereocenters. The molecule has 1 aliphatic heterocycles. The second-order valence-electron chi connectivity index (χ2n) is 9.15. The van der Waals surface area contributed by atoms with Crippen molar-refractivity contribution in [1.29, 1.82) is 0 Å². The number of benzene rings is 2. The fourth-order valence-corrected chi connectivity index (χ4v) is 4.66. The van der Waals surface area contributed by atoms with Crippen LogP contribution in [0.25, 0.3) is 23.5 Å². The maximum Gasteiger partial charge on any atom is 0.250 e. The first kappa shape index (κ1) is 40.6. The first-order valence-corrected chi connectivity index (χ1v) is 17.3. The average molecular weight is 914 g/mol. The van der Waals surface area contributed by atoms with Gasteiger partial charge in [-0.25, -0.2) is 29.9 Å². The minimum atomic E-state index is -1.90. The summed E-state index contributed by atoms with van der Waals surface area (Å²) < 4.78 is 13.4. The summed E-state index contributed by atoms with van der Waals surface area (Å²) in [5.74, 6) is 1.98. The number of hydrogen-bond donors (Lipinski definition) is 0. The summed E-state index contributed by atoms with van der Waals surface area (Å²) in [6.07, 6.45) is 3.27. The van der Waals surface area contributed by atoms with Crippen molar-refractivity contribution >= 4 is 151 Å². The smallest absolute Gasteiger partial charge is 0.250 e. The van der Waals surface area contributed by atoms with E-state index in [1.165, 1.54) is 7.11 Å². The van der Waals surface area contributed by atoms with Crippen molar-refractivity contribution in [2.24, 2.45) is 0 Å². The molecule has 0 fully saturated rings. The normalized spacial score (nSPS) is 13.3. The van der Waals surface area contributed by atoms with Gasteiger partial charge in [-0.15, -0.1) is 0 Å².